The van der Waals surface area contributed by atoms with Gasteiger partial charge in [0.1, 0.15) is 5.75 Å². The number of hydrogen-bond donors (Lipinski definition) is 1. The number of carbonyl (C=O) groups excluding carboxylic acids is 2. The van der Waals surface area contributed by atoms with Gasteiger partial charge < -0.3 is 10.1 Å². The molecule has 3 aromatic rings. The number of rotatable bonds is 6. The molecular formula is C24H19Cl2NO3. The lowest BCUT2D eigenvalue weighted by Gasteiger charge is -2.08. The van der Waals surface area contributed by atoms with Crippen molar-refractivity contribution >= 4 is 46.7 Å². The van der Waals surface area contributed by atoms with E-state index in [4.69, 9.17) is 27.9 Å². The molecule has 0 fully saturated rings. The highest BCUT2D eigenvalue weighted by atomic mass is 35.5. The molecule has 0 spiro atoms. The summed E-state index contributed by atoms with van der Waals surface area (Å²) in [6.45, 7) is 1.97. The quantitative estimate of drug-likeness (QED) is 0.354. The molecule has 0 unspecified atom stereocenters. The fourth-order valence-electron chi connectivity index (χ4n) is 2.80. The number of hydrogen-bond acceptors (Lipinski definition) is 3. The Morgan fingerprint density at radius 2 is 1.63 bits per heavy atom. The van der Waals surface area contributed by atoms with Crippen molar-refractivity contribution in [1.82, 2.24) is 0 Å². The summed E-state index contributed by atoms with van der Waals surface area (Å²) in [5, 5.41) is 3.47. The summed E-state index contributed by atoms with van der Waals surface area (Å²) in [6, 6.07) is 17.5. The average Bonchev–Trinajstić information content (AvgIpc) is 2.73. The number of anilines is 1. The molecule has 0 saturated heterocycles. The first kappa shape index (κ1) is 21.6. The molecule has 0 radical (unpaired) electrons. The number of aryl methyl sites for hydroxylation is 1. The normalized spacial score (nSPS) is 10.8. The molecule has 3 aromatic carbocycles. The van der Waals surface area contributed by atoms with Gasteiger partial charge in [0.05, 0.1) is 17.7 Å². The van der Waals surface area contributed by atoms with Gasteiger partial charge in [0.15, 0.2) is 5.78 Å². The van der Waals surface area contributed by atoms with Gasteiger partial charge in [-0.25, -0.2) is 0 Å². The molecule has 0 saturated carbocycles. The van der Waals surface area contributed by atoms with Crippen LogP contribution in [0.25, 0.3) is 6.08 Å². The van der Waals surface area contributed by atoms with E-state index in [1.165, 1.54) is 25.3 Å². The summed E-state index contributed by atoms with van der Waals surface area (Å²) in [6.07, 6.45) is 3.09. The van der Waals surface area contributed by atoms with Crippen molar-refractivity contribution in [3.05, 3.63) is 99.0 Å². The fourth-order valence-corrected chi connectivity index (χ4v) is 3.37. The van der Waals surface area contributed by atoms with E-state index in [9.17, 15) is 9.59 Å². The van der Waals surface area contributed by atoms with Gasteiger partial charge in [-0.2, -0.15) is 0 Å². The Morgan fingerprint density at radius 3 is 2.27 bits per heavy atom. The van der Waals surface area contributed by atoms with Crippen LogP contribution in [0.1, 0.15) is 31.8 Å². The molecule has 6 heteroatoms. The number of benzene rings is 3. The Bertz CT molecular complexity index is 1100. The number of allylic oxidation sites excluding steroid dienone is 1. The largest absolute Gasteiger partial charge is 0.494 e. The third-order valence-electron chi connectivity index (χ3n) is 4.39. The van der Waals surface area contributed by atoms with Crippen molar-refractivity contribution in [3.63, 3.8) is 0 Å². The first-order valence-electron chi connectivity index (χ1n) is 9.11. The first-order valence-corrected chi connectivity index (χ1v) is 9.86. The summed E-state index contributed by atoms with van der Waals surface area (Å²) in [5.74, 6) is -0.184. The van der Waals surface area contributed by atoms with E-state index >= 15 is 0 Å². The van der Waals surface area contributed by atoms with Gasteiger partial charge in [0.2, 0.25) is 0 Å². The second kappa shape index (κ2) is 9.61. The van der Waals surface area contributed by atoms with Crippen LogP contribution >= 0.6 is 23.2 Å². The van der Waals surface area contributed by atoms with Crippen LogP contribution in [0, 0.1) is 6.92 Å². The van der Waals surface area contributed by atoms with Gasteiger partial charge in [0.25, 0.3) is 5.91 Å². The summed E-state index contributed by atoms with van der Waals surface area (Å²) in [5.41, 5.74) is 3.42. The van der Waals surface area contributed by atoms with Crippen LogP contribution in [-0.4, -0.2) is 18.8 Å². The van der Waals surface area contributed by atoms with E-state index in [0.29, 0.717) is 16.3 Å². The highest BCUT2D eigenvalue weighted by molar-refractivity contribution is 6.36. The van der Waals surface area contributed by atoms with Gasteiger partial charge in [-0.1, -0.05) is 59.1 Å². The Kier molecular flexibility index (Phi) is 6.93. The highest BCUT2D eigenvalue weighted by Gasteiger charge is 2.14. The zero-order valence-corrected chi connectivity index (χ0v) is 17.9. The predicted molar refractivity (Wildman–Crippen MR) is 122 cm³/mol. The average molecular weight is 440 g/mol. The molecule has 1 amide bonds. The maximum absolute atomic E-state index is 12.6. The standard InChI is InChI=1S/C24H19Cl2NO3/c1-15-3-8-17(9-4-15)24(29)27-19-10-5-16(6-11-19)7-12-22(28)20-13-18(25)14-21(26)23(20)30-2/h3-14H,1-2H3,(H,27,29)/b12-7+. The number of ether oxygens (including phenoxy) is 1. The van der Waals surface area contributed by atoms with Crippen LogP contribution in [0.2, 0.25) is 10.0 Å². The molecule has 3 rings (SSSR count). The van der Waals surface area contributed by atoms with Crippen LogP contribution in [0.5, 0.6) is 5.75 Å². The molecule has 0 aliphatic rings. The second-order valence-electron chi connectivity index (χ2n) is 6.61. The molecule has 0 heterocycles. The van der Waals surface area contributed by atoms with Crippen molar-refractivity contribution < 1.29 is 14.3 Å². The molecule has 1 N–H and O–H groups in total. The van der Waals surface area contributed by atoms with Gasteiger partial charge in [-0.15, -0.1) is 0 Å². The zero-order valence-electron chi connectivity index (χ0n) is 16.4. The Morgan fingerprint density at radius 1 is 0.967 bits per heavy atom. The maximum atomic E-state index is 12.6. The molecule has 0 aliphatic carbocycles. The number of halogens is 2. The van der Waals surface area contributed by atoms with E-state index in [1.807, 2.05) is 19.1 Å². The molecule has 4 nitrogen and oxygen atoms in total. The fraction of sp³-hybridized carbons (Fsp3) is 0.0833. The van der Waals surface area contributed by atoms with Crippen LogP contribution in [-0.2, 0) is 0 Å². The highest BCUT2D eigenvalue weighted by Crippen LogP contribution is 2.32. The van der Waals surface area contributed by atoms with E-state index < -0.39 is 0 Å². The topological polar surface area (TPSA) is 55.4 Å². The van der Waals surface area contributed by atoms with Gasteiger partial charge in [-0.3, -0.25) is 9.59 Å². The minimum Gasteiger partial charge on any atom is -0.494 e. The lowest BCUT2D eigenvalue weighted by molar-refractivity contribution is 0.102. The van der Waals surface area contributed by atoms with Crippen LogP contribution in [0.3, 0.4) is 0 Å². The number of carbonyl (C=O) groups is 2. The van der Waals surface area contributed by atoms with Gasteiger partial charge in [-0.05, 0) is 55.0 Å². The molecule has 30 heavy (non-hydrogen) atoms. The number of nitrogens with one attached hydrogen (secondary N) is 1. The molecule has 0 atom stereocenters. The zero-order chi connectivity index (χ0) is 21.7. The van der Waals surface area contributed by atoms with E-state index in [-0.39, 0.29) is 28.0 Å². The summed E-state index contributed by atoms with van der Waals surface area (Å²) < 4.78 is 5.21. The van der Waals surface area contributed by atoms with Crippen molar-refractivity contribution in [2.45, 2.75) is 6.92 Å². The number of methoxy groups -OCH3 is 1. The number of amides is 1. The van der Waals surface area contributed by atoms with Crippen molar-refractivity contribution in [2.24, 2.45) is 0 Å². The van der Waals surface area contributed by atoms with Crippen LogP contribution in [0.4, 0.5) is 5.69 Å². The van der Waals surface area contributed by atoms with Gasteiger partial charge in [0, 0.05) is 16.3 Å². The summed E-state index contributed by atoms with van der Waals surface area (Å²) >= 11 is 12.1. The smallest absolute Gasteiger partial charge is 0.255 e. The third-order valence-corrected chi connectivity index (χ3v) is 4.89. The summed E-state index contributed by atoms with van der Waals surface area (Å²) in [7, 11) is 1.44. The molecule has 152 valence electrons. The minimum absolute atomic E-state index is 0.182. The Hall–Kier alpha value is -3.08. The van der Waals surface area contributed by atoms with Crippen molar-refractivity contribution in [3.8, 4) is 5.75 Å². The maximum Gasteiger partial charge on any atom is 0.255 e. The number of ketones is 1. The Balaban J connectivity index is 1.70. The molecular weight excluding hydrogens is 421 g/mol. The van der Waals surface area contributed by atoms with Crippen LogP contribution < -0.4 is 10.1 Å². The predicted octanol–water partition coefficient (Wildman–Crippen LogP) is 6.46. The first-order chi connectivity index (χ1) is 14.4. The minimum atomic E-state index is -0.284. The lowest BCUT2D eigenvalue weighted by atomic mass is 10.1. The van der Waals surface area contributed by atoms with Crippen molar-refractivity contribution in [2.75, 3.05) is 12.4 Å². The lowest BCUT2D eigenvalue weighted by Crippen LogP contribution is -2.11. The Labute approximate surface area is 185 Å². The molecule has 0 aliphatic heterocycles. The van der Waals surface area contributed by atoms with Gasteiger partial charge >= 0.3 is 0 Å². The van der Waals surface area contributed by atoms with Crippen LogP contribution in [0.15, 0.2) is 66.7 Å². The monoisotopic (exact) mass is 439 g/mol. The second-order valence-corrected chi connectivity index (χ2v) is 7.45. The van der Waals surface area contributed by atoms with E-state index in [2.05, 4.69) is 5.32 Å². The van der Waals surface area contributed by atoms with Crippen molar-refractivity contribution in [1.29, 1.82) is 0 Å². The van der Waals surface area contributed by atoms with E-state index in [1.54, 1.807) is 42.5 Å². The molecule has 0 bridgehead atoms. The summed E-state index contributed by atoms with van der Waals surface area (Å²) in [4.78, 5) is 24.8. The molecule has 0 aromatic heterocycles. The van der Waals surface area contributed by atoms with E-state index in [0.717, 1.165) is 11.1 Å². The SMILES string of the molecule is COc1c(Cl)cc(Cl)cc1C(=O)/C=C/c1ccc(NC(=O)c2ccc(C)cc2)cc1. The third kappa shape index (κ3) is 5.29.